The molecule has 0 aliphatic rings. The molecule has 0 spiro atoms. The Morgan fingerprint density at radius 2 is 1.90 bits per heavy atom. The molecular weight excluding hydrogens is 264 g/mol. The molecule has 1 aromatic heterocycles. The monoisotopic (exact) mass is 284 g/mol. The largest absolute Gasteiger partial charge is 0.394 e. The van der Waals surface area contributed by atoms with Crippen LogP contribution in [0.25, 0.3) is 0 Å². The van der Waals surface area contributed by atoms with Crippen LogP contribution in [0, 0.1) is 13.8 Å². The van der Waals surface area contributed by atoms with E-state index in [0.29, 0.717) is 17.7 Å². The molecule has 1 amide bonds. The molecule has 4 heteroatoms. The number of hydrogen-bond acceptors (Lipinski definition) is 3. The second-order valence-electron chi connectivity index (χ2n) is 5.13. The van der Waals surface area contributed by atoms with Crippen LogP contribution in [0.15, 0.2) is 42.5 Å². The minimum atomic E-state index is -0.305. The van der Waals surface area contributed by atoms with Crippen molar-refractivity contribution in [2.45, 2.75) is 26.3 Å². The fraction of sp³-hybridized carbons (Fsp3) is 0.294. The van der Waals surface area contributed by atoms with Gasteiger partial charge >= 0.3 is 0 Å². The van der Waals surface area contributed by atoms with Gasteiger partial charge in [0.15, 0.2) is 0 Å². The predicted molar refractivity (Wildman–Crippen MR) is 82.2 cm³/mol. The Labute approximate surface area is 124 Å². The average Bonchev–Trinajstić information content (AvgIpc) is 2.47. The number of amides is 1. The third-order valence-corrected chi connectivity index (χ3v) is 3.35. The first-order valence-electron chi connectivity index (χ1n) is 7.00. The molecule has 0 saturated heterocycles. The van der Waals surface area contributed by atoms with Gasteiger partial charge in [0.25, 0.3) is 5.91 Å². The summed E-state index contributed by atoms with van der Waals surface area (Å²) in [6.45, 7) is 3.60. The first-order chi connectivity index (χ1) is 10.1. The molecule has 21 heavy (non-hydrogen) atoms. The Morgan fingerprint density at radius 3 is 2.52 bits per heavy atom. The Kier molecular flexibility index (Phi) is 5.06. The summed E-state index contributed by atoms with van der Waals surface area (Å²) in [5, 5.41) is 12.3. The van der Waals surface area contributed by atoms with Crippen LogP contribution in [0.5, 0.6) is 0 Å². The standard InChI is InChI=1S/C17H20N2O2/c1-12-8-9-16(13(2)18-12)17(21)19-15(11-20)10-14-6-4-3-5-7-14/h3-9,15,20H,10-11H2,1-2H3,(H,19,21). The minimum absolute atomic E-state index is 0.0982. The summed E-state index contributed by atoms with van der Waals surface area (Å²) in [7, 11) is 0. The number of hydrogen-bond donors (Lipinski definition) is 2. The summed E-state index contributed by atoms with van der Waals surface area (Å²) in [5.74, 6) is -0.199. The maximum Gasteiger partial charge on any atom is 0.253 e. The third kappa shape index (κ3) is 4.13. The van der Waals surface area contributed by atoms with Crippen LogP contribution in [0.2, 0.25) is 0 Å². The normalized spacial score (nSPS) is 12.0. The van der Waals surface area contributed by atoms with Crippen molar-refractivity contribution in [2.75, 3.05) is 6.61 Å². The van der Waals surface area contributed by atoms with Gasteiger partial charge in [-0.05, 0) is 38.0 Å². The number of nitrogens with zero attached hydrogens (tertiary/aromatic N) is 1. The van der Waals surface area contributed by atoms with Crippen LogP contribution < -0.4 is 5.32 Å². The molecule has 0 bridgehead atoms. The second-order valence-corrected chi connectivity index (χ2v) is 5.13. The molecule has 1 unspecified atom stereocenters. The number of aryl methyl sites for hydroxylation is 2. The highest BCUT2D eigenvalue weighted by atomic mass is 16.3. The molecule has 0 aliphatic carbocycles. The van der Waals surface area contributed by atoms with Crippen LogP contribution in [-0.2, 0) is 6.42 Å². The Balaban J connectivity index is 2.06. The van der Waals surface area contributed by atoms with Gasteiger partial charge in [0.2, 0.25) is 0 Å². The van der Waals surface area contributed by atoms with Crippen LogP contribution >= 0.6 is 0 Å². The summed E-state index contributed by atoms with van der Waals surface area (Å²) in [6, 6.07) is 13.1. The van der Waals surface area contributed by atoms with Gasteiger partial charge in [-0.25, -0.2) is 0 Å². The molecule has 1 aromatic carbocycles. The number of pyridine rings is 1. The first-order valence-corrected chi connectivity index (χ1v) is 7.00. The Morgan fingerprint density at radius 1 is 1.19 bits per heavy atom. The van der Waals surface area contributed by atoms with Gasteiger partial charge in [-0.2, -0.15) is 0 Å². The van der Waals surface area contributed by atoms with E-state index in [1.54, 1.807) is 6.07 Å². The fourth-order valence-corrected chi connectivity index (χ4v) is 2.25. The van der Waals surface area contributed by atoms with E-state index in [2.05, 4.69) is 10.3 Å². The molecular formula is C17H20N2O2. The van der Waals surface area contributed by atoms with Crippen LogP contribution in [0.1, 0.15) is 27.3 Å². The highest BCUT2D eigenvalue weighted by Crippen LogP contribution is 2.08. The summed E-state index contributed by atoms with van der Waals surface area (Å²) < 4.78 is 0. The lowest BCUT2D eigenvalue weighted by molar-refractivity contribution is 0.0915. The molecule has 2 rings (SSSR count). The highest BCUT2D eigenvalue weighted by Gasteiger charge is 2.15. The van der Waals surface area contributed by atoms with Crippen molar-refractivity contribution < 1.29 is 9.90 Å². The number of carbonyl (C=O) groups excluding carboxylic acids is 1. The van der Waals surface area contributed by atoms with Crippen LogP contribution in [0.3, 0.4) is 0 Å². The lowest BCUT2D eigenvalue weighted by Gasteiger charge is -2.17. The minimum Gasteiger partial charge on any atom is -0.394 e. The van der Waals surface area contributed by atoms with Crippen molar-refractivity contribution in [1.82, 2.24) is 10.3 Å². The predicted octanol–water partition coefficient (Wildman–Crippen LogP) is 2.03. The van der Waals surface area contributed by atoms with E-state index >= 15 is 0 Å². The second kappa shape index (κ2) is 6.99. The van der Waals surface area contributed by atoms with Crippen molar-refractivity contribution in [1.29, 1.82) is 0 Å². The highest BCUT2D eigenvalue weighted by molar-refractivity contribution is 5.95. The Bertz CT molecular complexity index is 611. The zero-order valence-corrected chi connectivity index (χ0v) is 12.3. The van der Waals surface area contributed by atoms with E-state index in [-0.39, 0.29) is 18.6 Å². The fourth-order valence-electron chi connectivity index (χ4n) is 2.25. The number of aromatic nitrogens is 1. The topological polar surface area (TPSA) is 62.2 Å². The molecule has 2 N–H and O–H groups in total. The van der Waals surface area contributed by atoms with E-state index < -0.39 is 0 Å². The lowest BCUT2D eigenvalue weighted by atomic mass is 10.1. The SMILES string of the molecule is Cc1ccc(C(=O)NC(CO)Cc2ccccc2)c(C)n1. The van der Waals surface area contributed by atoms with Gasteiger partial charge in [0.05, 0.1) is 23.9 Å². The number of rotatable bonds is 5. The molecule has 0 radical (unpaired) electrons. The summed E-state index contributed by atoms with van der Waals surface area (Å²) in [4.78, 5) is 16.6. The van der Waals surface area contributed by atoms with E-state index in [1.807, 2.05) is 50.2 Å². The number of carbonyl (C=O) groups is 1. The summed E-state index contributed by atoms with van der Waals surface area (Å²) >= 11 is 0. The van der Waals surface area contributed by atoms with Gasteiger partial charge in [0.1, 0.15) is 0 Å². The maximum atomic E-state index is 12.3. The zero-order chi connectivity index (χ0) is 15.2. The molecule has 110 valence electrons. The van der Waals surface area contributed by atoms with Crippen molar-refractivity contribution in [2.24, 2.45) is 0 Å². The first kappa shape index (κ1) is 15.2. The van der Waals surface area contributed by atoms with Crippen LogP contribution in [0.4, 0.5) is 0 Å². The number of nitrogens with one attached hydrogen (secondary N) is 1. The molecule has 1 atom stereocenters. The van der Waals surface area contributed by atoms with Crippen molar-refractivity contribution in [3.63, 3.8) is 0 Å². The zero-order valence-electron chi connectivity index (χ0n) is 12.3. The van der Waals surface area contributed by atoms with Gasteiger partial charge in [-0.15, -0.1) is 0 Å². The van der Waals surface area contributed by atoms with E-state index in [9.17, 15) is 9.90 Å². The third-order valence-electron chi connectivity index (χ3n) is 3.35. The smallest absolute Gasteiger partial charge is 0.253 e. The maximum absolute atomic E-state index is 12.3. The number of benzene rings is 1. The van der Waals surface area contributed by atoms with E-state index in [1.165, 1.54) is 0 Å². The van der Waals surface area contributed by atoms with Crippen molar-refractivity contribution >= 4 is 5.91 Å². The molecule has 0 saturated carbocycles. The number of aliphatic hydroxyl groups excluding tert-OH is 1. The average molecular weight is 284 g/mol. The molecule has 0 aliphatic heterocycles. The quantitative estimate of drug-likeness (QED) is 0.883. The van der Waals surface area contributed by atoms with E-state index in [0.717, 1.165) is 11.3 Å². The van der Waals surface area contributed by atoms with Crippen LogP contribution in [-0.4, -0.2) is 28.6 Å². The molecule has 4 nitrogen and oxygen atoms in total. The molecule has 0 fully saturated rings. The van der Waals surface area contributed by atoms with Gasteiger partial charge < -0.3 is 10.4 Å². The molecule has 2 aromatic rings. The Hall–Kier alpha value is -2.20. The van der Waals surface area contributed by atoms with Gasteiger partial charge in [0, 0.05) is 5.69 Å². The van der Waals surface area contributed by atoms with E-state index in [4.69, 9.17) is 0 Å². The summed E-state index contributed by atoms with van der Waals surface area (Å²) in [6.07, 6.45) is 0.599. The molecule has 1 heterocycles. The van der Waals surface area contributed by atoms with Crippen molar-refractivity contribution in [3.8, 4) is 0 Å². The van der Waals surface area contributed by atoms with Gasteiger partial charge in [-0.3, -0.25) is 9.78 Å². The van der Waals surface area contributed by atoms with Gasteiger partial charge in [-0.1, -0.05) is 30.3 Å². The number of aliphatic hydroxyl groups is 1. The lowest BCUT2D eigenvalue weighted by Crippen LogP contribution is -2.39. The van der Waals surface area contributed by atoms with Crippen molar-refractivity contribution in [3.05, 3.63) is 65.0 Å². The summed E-state index contributed by atoms with van der Waals surface area (Å²) in [5.41, 5.74) is 3.21.